The van der Waals surface area contributed by atoms with Crippen molar-refractivity contribution in [2.45, 2.75) is 24.3 Å². The Morgan fingerprint density at radius 1 is 1.00 bits per heavy atom. The topological polar surface area (TPSA) is 56.7 Å². The van der Waals surface area contributed by atoms with Gasteiger partial charge in [-0.1, -0.05) is 54.2 Å². The van der Waals surface area contributed by atoms with Gasteiger partial charge in [0.25, 0.3) is 0 Å². The van der Waals surface area contributed by atoms with Crippen molar-refractivity contribution in [1.29, 1.82) is 0 Å². The van der Waals surface area contributed by atoms with Crippen LogP contribution in [-0.2, 0) is 12.2 Å². The molecular weight excluding hydrogens is 320 g/mol. The lowest BCUT2D eigenvalue weighted by Crippen LogP contribution is -1.96. The van der Waals surface area contributed by atoms with Crippen molar-refractivity contribution in [3.05, 3.63) is 66.3 Å². The summed E-state index contributed by atoms with van der Waals surface area (Å²) in [7, 11) is 0. The third kappa shape index (κ3) is 2.80. The summed E-state index contributed by atoms with van der Waals surface area (Å²) in [6, 6.07) is 18.4. The van der Waals surface area contributed by atoms with Crippen LogP contribution in [0.1, 0.15) is 18.6 Å². The predicted octanol–water partition coefficient (Wildman–Crippen LogP) is 4.26. The molecule has 5 nitrogen and oxygen atoms in total. The summed E-state index contributed by atoms with van der Waals surface area (Å²) < 4.78 is 7.34. The number of nitrogens with zero attached hydrogens (tertiary/aromatic N) is 4. The van der Waals surface area contributed by atoms with E-state index in [1.54, 1.807) is 11.8 Å². The third-order valence-electron chi connectivity index (χ3n) is 3.69. The van der Waals surface area contributed by atoms with Crippen molar-refractivity contribution in [2.75, 3.05) is 0 Å². The van der Waals surface area contributed by atoms with E-state index in [0.29, 0.717) is 17.5 Å². The molecule has 4 aromatic rings. The fraction of sp³-hybridized carbons (Fsp3) is 0.167. The molecule has 120 valence electrons. The second-order valence-corrected chi connectivity index (χ2v) is 6.24. The molecule has 2 heterocycles. The smallest absolute Gasteiger partial charge is 0.226 e. The quantitative estimate of drug-likeness (QED) is 0.510. The lowest BCUT2D eigenvalue weighted by atomic mass is 10.3. The summed E-state index contributed by atoms with van der Waals surface area (Å²) in [5, 5.41) is 4.94. The van der Waals surface area contributed by atoms with Gasteiger partial charge in [-0.05, 0) is 24.3 Å². The van der Waals surface area contributed by atoms with E-state index >= 15 is 0 Å². The molecule has 0 fully saturated rings. The molecule has 0 amide bonds. The van der Waals surface area contributed by atoms with E-state index < -0.39 is 0 Å². The molecule has 2 aromatic carbocycles. The van der Waals surface area contributed by atoms with Gasteiger partial charge in [0.2, 0.25) is 5.89 Å². The highest BCUT2D eigenvalue weighted by atomic mass is 32.2. The summed E-state index contributed by atoms with van der Waals surface area (Å²) in [6.45, 7) is 2.00. The summed E-state index contributed by atoms with van der Waals surface area (Å²) in [5.41, 5.74) is 3.16. The van der Waals surface area contributed by atoms with Crippen LogP contribution in [0.3, 0.4) is 0 Å². The van der Waals surface area contributed by atoms with Crippen molar-refractivity contribution in [3.8, 4) is 5.69 Å². The first kappa shape index (κ1) is 15.0. The number of fused-ring (bicyclic) bond motifs is 1. The Labute approximate surface area is 143 Å². The first-order chi connectivity index (χ1) is 11.8. The van der Waals surface area contributed by atoms with Crippen LogP contribution in [0.5, 0.6) is 0 Å². The number of hydrogen-bond donors (Lipinski definition) is 0. The zero-order valence-electron chi connectivity index (χ0n) is 13.2. The third-order valence-corrected chi connectivity index (χ3v) is 4.62. The monoisotopic (exact) mass is 336 g/mol. The normalized spacial score (nSPS) is 11.2. The molecule has 0 unspecified atom stereocenters. The average Bonchev–Trinajstić information content (AvgIpc) is 3.24. The SMILES string of the molecule is CCc1nc(CSc2nc3ccccc3n2-c2ccccc2)no1. The maximum Gasteiger partial charge on any atom is 0.226 e. The van der Waals surface area contributed by atoms with Crippen LogP contribution in [-0.4, -0.2) is 19.7 Å². The predicted molar refractivity (Wildman–Crippen MR) is 94.3 cm³/mol. The maximum atomic E-state index is 5.17. The van der Waals surface area contributed by atoms with Gasteiger partial charge in [-0.3, -0.25) is 4.57 Å². The molecule has 0 spiro atoms. The van der Waals surface area contributed by atoms with Crippen LogP contribution in [0.25, 0.3) is 16.7 Å². The summed E-state index contributed by atoms with van der Waals surface area (Å²) in [4.78, 5) is 9.14. The molecule has 0 bridgehead atoms. The second-order valence-electron chi connectivity index (χ2n) is 5.30. The molecule has 2 aromatic heterocycles. The number of hydrogen-bond acceptors (Lipinski definition) is 5. The molecule has 0 aliphatic carbocycles. The van der Waals surface area contributed by atoms with Gasteiger partial charge < -0.3 is 4.52 Å². The molecule has 4 rings (SSSR count). The molecule has 6 heteroatoms. The molecule has 0 N–H and O–H groups in total. The molecule has 0 radical (unpaired) electrons. The van der Waals surface area contributed by atoms with Crippen LogP contribution in [0.4, 0.5) is 0 Å². The van der Waals surface area contributed by atoms with Gasteiger partial charge in [-0.15, -0.1) is 0 Å². The lowest BCUT2D eigenvalue weighted by Gasteiger charge is -2.08. The zero-order valence-corrected chi connectivity index (χ0v) is 14.0. The van der Waals surface area contributed by atoms with Crippen LogP contribution >= 0.6 is 11.8 Å². The van der Waals surface area contributed by atoms with E-state index in [0.717, 1.165) is 28.3 Å². The molecule has 0 saturated carbocycles. The van der Waals surface area contributed by atoms with Gasteiger partial charge in [0.05, 0.1) is 16.8 Å². The second kappa shape index (κ2) is 6.49. The van der Waals surface area contributed by atoms with Crippen LogP contribution in [0.15, 0.2) is 64.3 Å². The summed E-state index contributed by atoms with van der Waals surface area (Å²) >= 11 is 1.61. The minimum absolute atomic E-state index is 0.625. The van der Waals surface area contributed by atoms with Gasteiger partial charge in [0, 0.05) is 12.1 Å². The fourth-order valence-corrected chi connectivity index (χ4v) is 3.42. The first-order valence-electron chi connectivity index (χ1n) is 7.82. The number of imidazole rings is 1. The fourth-order valence-electron chi connectivity index (χ4n) is 2.55. The Balaban J connectivity index is 1.71. The van der Waals surface area contributed by atoms with Gasteiger partial charge in [-0.25, -0.2) is 4.98 Å². The maximum absolute atomic E-state index is 5.17. The van der Waals surface area contributed by atoms with Crippen LogP contribution in [0, 0.1) is 0 Å². The Kier molecular flexibility index (Phi) is 4.04. The Morgan fingerprint density at radius 3 is 2.58 bits per heavy atom. The van der Waals surface area contributed by atoms with Gasteiger partial charge in [0.15, 0.2) is 11.0 Å². The number of aromatic nitrogens is 4. The molecule has 24 heavy (non-hydrogen) atoms. The molecule has 0 aliphatic rings. The van der Waals surface area contributed by atoms with Crippen molar-refractivity contribution in [3.63, 3.8) is 0 Å². The van der Waals surface area contributed by atoms with Gasteiger partial charge >= 0.3 is 0 Å². The zero-order chi connectivity index (χ0) is 16.4. The molecular formula is C18H16N4OS. The number of thioether (sulfide) groups is 1. The van der Waals surface area contributed by atoms with Crippen molar-refractivity contribution < 1.29 is 4.52 Å². The molecule has 0 saturated heterocycles. The highest BCUT2D eigenvalue weighted by molar-refractivity contribution is 7.98. The van der Waals surface area contributed by atoms with Crippen LogP contribution < -0.4 is 0 Å². The van der Waals surface area contributed by atoms with Crippen molar-refractivity contribution in [1.82, 2.24) is 19.7 Å². The number of para-hydroxylation sites is 3. The van der Waals surface area contributed by atoms with Crippen molar-refractivity contribution in [2.24, 2.45) is 0 Å². The lowest BCUT2D eigenvalue weighted by molar-refractivity contribution is 0.378. The Morgan fingerprint density at radius 2 is 1.79 bits per heavy atom. The van der Waals surface area contributed by atoms with Gasteiger partial charge in [-0.2, -0.15) is 4.98 Å². The van der Waals surface area contributed by atoms with Crippen molar-refractivity contribution >= 4 is 22.8 Å². The minimum atomic E-state index is 0.625. The first-order valence-corrected chi connectivity index (χ1v) is 8.81. The van der Waals surface area contributed by atoms with E-state index in [2.05, 4.69) is 32.9 Å². The largest absolute Gasteiger partial charge is 0.339 e. The Bertz CT molecular complexity index is 961. The number of benzene rings is 2. The highest BCUT2D eigenvalue weighted by Crippen LogP contribution is 2.29. The highest BCUT2D eigenvalue weighted by Gasteiger charge is 2.14. The standard InChI is InChI=1S/C18H16N4OS/c1-2-17-20-16(21-23-17)12-24-18-19-14-10-6-7-11-15(14)22(18)13-8-4-3-5-9-13/h3-11H,2,12H2,1H3. The molecule has 0 aliphatic heterocycles. The number of rotatable bonds is 5. The summed E-state index contributed by atoms with van der Waals surface area (Å²) in [5.74, 6) is 1.99. The van der Waals surface area contributed by atoms with Crippen LogP contribution in [0.2, 0.25) is 0 Å². The summed E-state index contributed by atoms with van der Waals surface area (Å²) in [6.07, 6.45) is 0.750. The van der Waals surface area contributed by atoms with Gasteiger partial charge in [0.1, 0.15) is 0 Å². The minimum Gasteiger partial charge on any atom is -0.339 e. The number of aryl methyl sites for hydroxylation is 1. The Hall–Kier alpha value is -2.60. The van der Waals surface area contributed by atoms with E-state index in [1.807, 2.05) is 43.3 Å². The van der Waals surface area contributed by atoms with E-state index in [-0.39, 0.29) is 0 Å². The average molecular weight is 336 g/mol. The van der Waals surface area contributed by atoms with E-state index in [9.17, 15) is 0 Å². The molecule has 0 atom stereocenters. The van der Waals surface area contributed by atoms with E-state index in [1.165, 1.54) is 0 Å². The van der Waals surface area contributed by atoms with E-state index in [4.69, 9.17) is 9.51 Å².